The summed E-state index contributed by atoms with van der Waals surface area (Å²) in [5.41, 5.74) is 2.50. The first-order valence-electron chi connectivity index (χ1n) is 9.65. The first-order valence-corrected chi connectivity index (χ1v) is 9.65. The minimum absolute atomic E-state index is 0.0310. The fourth-order valence-electron chi connectivity index (χ4n) is 3.99. The van der Waals surface area contributed by atoms with Crippen molar-refractivity contribution in [2.24, 2.45) is 7.05 Å². The molecule has 1 aromatic heterocycles. The van der Waals surface area contributed by atoms with Crippen molar-refractivity contribution >= 4 is 12.0 Å². The summed E-state index contributed by atoms with van der Waals surface area (Å²) in [6, 6.07) is 3.89. The number of halogens is 1. The quantitative estimate of drug-likeness (QED) is 0.828. The van der Waals surface area contributed by atoms with Gasteiger partial charge in [0.15, 0.2) is 0 Å². The smallest absolute Gasteiger partial charge is 0.335 e. The van der Waals surface area contributed by atoms with Crippen LogP contribution in [0.2, 0.25) is 0 Å². The van der Waals surface area contributed by atoms with E-state index in [0.717, 1.165) is 43.5 Å². The molecule has 154 valence electrons. The number of hydrogen-bond donors (Lipinski definition) is 1. The Morgan fingerprint density at radius 3 is 2.45 bits per heavy atom. The number of carboxylic acids is 1. The summed E-state index contributed by atoms with van der Waals surface area (Å²) in [4.78, 5) is 29.9. The van der Waals surface area contributed by atoms with Crippen molar-refractivity contribution in [3.05, 3.63) is 40.8 Å². The summed E-state index contributed by atoms with van der Waals surface area (Å²) in [6.07, 6.45) is 0.581. The van der Waals surface area contributed by atoms with Crippen LogP contribution in [0.3, 0.4) is 0 Å². The van der Waals surface area contributed by atoms with Gasteiger partial charge in [0.05, 0.1) is 23.5 Å². The zero-order chi connectivity index (χ0) is 20.7. The molecule has 29 heavy (non-hydrogen) atoms. The summed E-state index contributed by atoms with van der Waals surface area (Å²) < 4.78 is 16.3. The lowest BCUT2D eigenvalue weighted by Gasteiger charge is -2.37. The van der Waals surface area contributed by atoms with Crippen LogP contribution in [-0.4, -0.2) is 81.4 Å². The van der Waals surface area contributed by atoms with E-state index in [1.807, 2.05) is 16.8 Å². The van der Waals surface area contributed by atoms with E-state index in [0.29, 0.717) is 25.2 Å². The predicted octanol–water partition coefficient (Wildman–Crippen LogP) is 1.65. The second-order valence-electron chi connectivity index (χ2n) is 7.64. The van der Waals surface area contributed by atoms with Crippen LogP contribution in [0.1, 0.15) is 21.6 Å². The molecule has 0 spiro atoms. The molecule has 0 saturated carbocycles. The Labute approximate surface area is 168 Å². The number of amides is 2. The Kier molecular flexibility index (Phi) is 4.99. The van der Waals surface area contributed by atoms with E-state index in [2.05, 4.69) is 10.00 Å². The molecule has 1 fully saturated rings. The standard InChI is InChI=1S/C20H24FN5O3/c1-23-7-9-25(10-8-23)20(29)26-6-5-15-17(12-26)24(2)22-18(15)14-4-3-13(19(27)28)11-16(14)21/h3-4,11H,5-10,12H2,1-2H3,(H,27,28). The van der Waals surface area contributed by atoms with Crippen molar-refractivity contribution in [2.45, 2.75) is 13.0 Å². The van der Waals surface area contributed by atoms with Crippen molar-refractivity contribution < 1.29 is 19.1 Å². The zero-order valence-electron chi connectivity index (χ0n) is 16.6. The van der Waals surface area contributed by atoms with Crippen molar-refractivity contribution in [2.75, 3.05) is 39.8 Å². The third-order valence-corrected chi connectivity index (χ3v) is 5.76. The lowest BCUT2D eigenvalue weighted by Crippen LogP contribution is -2.52. The van der Waals surface area contributed by atoms with Crippen LogP contribution >= 0.6 is 0 Å². The van der Waals surface area contributed by atoms with Crippen LogP contribution in [-0.2, 0) is 20.0 Å². The van der Waals surface area contributed by atoms with Crippen LogP contribution in [0.4, 0.5) is 9.18 Å². The maximum atomic E-state index is 14.6. The van der Waals surface area contributed by atoms with Crippen LogP contribution < -0.4 is 0 Å². The fraction of sp³-hybridized carbons (Fsp3) is 0.450. The lowest BCUT2D eigenvalue weighted by atomic mass is 9.99. The second kappa shape index (κ2) is 7.47. The van der Waals surface area contributed by atoms with Gasteiger partial charge in [-0.2, -0.15) is 5.10 Å². The number of benzene rings is 1. The van der Waals surface area contributed by atoms with E-state index in [9.17, 15) is 14.0 Å². The third kappa shape index (κ3) is 3.57. The number of aromatic carboxylic acids is 1. The minimum atomic E-state index is -1.17. The van der Waals surface area contributed by atoms with E-state index in [4.69, 9.17) is 5.11 Å². The largest absolute Gasteiger partial charge is 0.478 e. The molecule has 2 aromatic rings. The summed E-state index contributed by atoms with van der Waals surface area (Å²) >= 11 is 0. The van der Waals surface area contributed by atoms with Crippen LogP contribution in [0.5, 0.6) is 0 Å². The van der Waals surface area contributed by atoms with Crippen molar-refractivity contribution in [1.82, 2.24) is 24.5 Å². The topological polar surface area (TPSA) is 81.9 Å². The number of carbonyl (C=O) groups excluding carboxylic acids is 1. The molecule has 2 aliphatic rings. The molecule has 1 saturated heterocycles. The van der Waals surface area contributed by atoms with E-state index in [1.54, 1.807) is 11.7 Å². The number of aromatic nitrogens is 2. The molecule has 0 bridgehead atoms. The number of aryl methyl sites for hydroxylation is 1. The van der Waals surface area contributed by atoms with Gasteiger partial charge in [-0.05, 0) is 31.7 Å². The summed E-state index contributed by atoms with van der Waals surface area (Å²) in [5, 5.41) is 13.5. The van der Waals surface area contributed by atoms with Crippen molar-refractivity contribution in [3.63, 3.8) is 0 Å². The lowest BCUT2D eigenvalue weighted by molar-refractivity contribution is 0.0696. The average molecular weight is 401 g/mol. The molecule has 2 aliphatic heterocycles. The Hall–Kier alpha value is -2.94. The number of carbonyl (C=O) groups is 2. The molecule has 0 aliphatic carbocycles. The molecule has 0 atom stereocenters. The Morgan fingerprint density at radius 1 is 1.07 bits per heavy atom. The first kappa shape index (κ1) is 19.4. The molecule has 1 aromatic carbocycles. The summed E-state index contributed by atoms with van der Waals surface area (Å²) in [6.45, 7) is 4.15. The van der Waals surface area contributed by atoms with Gasteiger partial charge in [-0.25, -0.2) is 14.0 Å². The predicted molar refractivity (Wildman–Crippen MR) is 104 cm³/mol. The van der Waals surface area contributed by atoms with Crippen molar-refractivity contribution in [3.8, 4) is 11.3 Å². The number of urea groups is 1. The Balaban J connectivity index is 1.57. The number of hydrogen-bond acceptors (Lipinski definition) is 4. The zero-order valence-corrected chi connectivity index (χ0v) is 16.6. The number of rotatable bonds is 2. The van der Waals surface area contributed by atoms with Gasteiger partial charge in [-0.3, -0.25) is 4.68 Å². The van der Waals surface area contributed by atoms with E-state index >= 15 is 0 Å². The first-order chi connectivity index (χ1) is 13.8. The minimum Gasteiger partial charge on any atom is -0.478 e. The number of nitrogens with zero attached hydrogens (tertiary/aromatic N) is 5. The summed E-state index contributed by atoms with van der Waals surface area (Å²) in [7, 11) is 3.84. The van der Waals surface area contributed by atoms with E-state index < -0.39 is 11.8 Å². The van der Waals surface area contributed by atoms with Crippen LogP contribution in [0.25, 0.3) is 11.3 Å². The second-order valence-corrected chi connectivity index (χ2v) is 7.64. The molecule has 4 rings (SSSR count). The molecule has 0 unspecified atom stereocenters. The van der Waals surface area contributed by atoms with Gasteiger partial charge in [-0.1, -0.05) is 0 Å². The number of likely N-dealkylation sites (N-methyl/N-ethyl adjacent to an activating group) is 1. The van der Waals surface area contributed by atoms with Gasteiger partial charge >= 0.3 is 12.0 Å². The maximum Gasteiger partial charge on any atom is 0.335 e. The molecular formula is C20H24FN5O3. The normalized spacial score (nSPS) is 17.3. The maximum absolute atomic E-state index is 14.6. The van der Waals surface area contributed by atoms with Crippen LogP contribution in [0, 0.1) is 5.82 Å². The van der Waals surface area contributed by atoms with Crippen molar-refractivity contribution in [1.29, 1.82) is 0 Å². The average Bonchev–Trinajstić information content (AvgIpc) is 3.03. The molecule has 2 amide bonds. The highest BCUT2D eigenvalue weighted by Crippen LogP contribution is 2.32. The van der Waals surface area contributed by atoms with Gasteiger partial charge in [0, 0.05) is 50.9 Å². The molecule has 3 heterocycles. The highest BCUT2D eigenvalue weighted by atomic mass is 19.1. The number of piperazine rings is 1. The molecule has 9 heteroatoms. The van der Waals surface area contributed by atoms with Gasteiger partial charge in [0.2, 0.25) is 0 Å². The molecule has 1 N–H and O–H groups in total. The molecule has 8 nitrogen and oxygen atoms in total. The molecular weight excluding hydrogens is 377 g/mol. The van der Waals surface area contributed by atoms with Gasteiger partial charge < -0.3 is 19.8 Å². The van der Waals surface area contributed by atoms with Gasteiger partial charge in [0.1, 0.15) is 5.82 Å². The number of carboxylic acid groups (broad SMARTS) is 1. The highest BCUT2D eigenvalue weighted by Gasteiger charge is 2.31. The van der Waals surface area contributed by atoms with Gasteiger partial charge in [0.25, 0.3) is 0 Å². The molecule has 0 radical (unpaired) electrons. The Bertz CT molecular complexity index is 965. The van der Waals surface area contributed by atoms with Crippen LogP contribution in [0.15, 0.2) is 18.2 Å². The number of fused-ring (bicyclic) bond motifs is 1. The van der Waals surface area contributed by atoms with E-state index in [-0.39, 0.29) is 17.2 Å². The van der Waals surface area contributed by atoms with Gasteiger partial charge in [-0.15, -0.1) is 0 Å². The highest BCUT2D eigenvalue weighted by molar-refractivity contribution is 5.88. The SMILES string of the molecule is CN1CCN(C(=O)N2CCc3c(-c4ccc(C(=O)O)cc4F)nn(C)c3C2)CC1. The fourth-order valence-corrected chi connectivity index (χ4v) is 3.99. The van der Waals surface area contributed by atoms with E-state index in [1.165, 1.54) is 12.1 Å². The monoisotopic (exact) mass is 401 g/mol. The summed E-state index contributed by atoms with van der Waals surface area (Å²) in [5.74, 6) is -1.78. The third-order valence-electron chi connectivity index (χ3n) is 5.76. The Morgan fingerprint density at radius 2 is 1.79 bits per heavy atom.